The number of nitrogens with zero attached hydrogens (tertiary/aromatic N) is 3. The monoisotopic (exact) mass is 263 g/mol. The number of likely N-dealkylation sites (N-methyl/N-ethyl adjacent to an activating group) is 1. The smallest absolute Gasteiger partial charge is 0.241 e. The molecule has 0 heterocycles. The molecule has 19 heavy (non-hydrogen) atoms. The molecule has 0 aliphatic carbocycles. The largest absolute Gasteiger partial charge is 0.360 e. The highest BCUT2D eigenvalue weighted by Crippen LogP contribution is 2.20. The summed E-state index contributed by atoms with van der Waals surface area (Å²) < 4.78 is 13.9. The Bertz CT molecular complexity index is 494. The van der Waals surface area contributed by atoms with E-state index in [4.69, 9.17) is 5.26 Å². The van der Waals surface area contributed by atoms with Crippen LogP contribution in [0.1, 0.15) is 18.9 Å². The average molecular weight is 263 g/mol. The van der Waals surface area contributed by atoms with Gasteiger partial charge in [-0.25, -0.2) is 4.39 Å². The van der Waals surface area contributed by atoms with Crippen molar-refractivity contribution in [3.8, 4) is 6.07 Å². The van der Waals surface area contributed by atoms with Gasteiger partial charge in [-0.3, -0.25) is 4.79 Å². The summed E-state index contributed by atoms with van der Waals surface area (Å²) in [5.41, 5.74) is 0.632. The lowest BCUT2D eigenvalue weighted by molar-refractivity contribution is -0.127. The Morgan fingerprint density at radius 3 is 2.58 bits per heavy atom. The van der Waals surface area contributed by atoms with Crippen LogP contribution in [0.5, 0.6) is 0 Å². The fourth-order valence-corrected chi connectivity index (χ4v) is 1.69. The van der Waals surface area contributed by atoms with Crippen LogP contribution in [-0.2, 0) is 4.79 Å². The zero-order valence-electron chi connectivity index (χ0n) is 11.5. The second-order valence-electron chi connectivity index (χ2n) is 4.49. The lowest BCUT2D eigenvalue weighted by Gasteiger charge is -2.25. The molecule has 0 N–H and O–H groups in total. The fourth-order valence-electron chi connectivity index (χ4n) is 1.69. The number of amides is 1. The number of hydrogen-bond acceptors (Lipinski definition) is 3. The van der Waals surface area contributed by atoms with Crippen molar-refractivity contribution < 1.29 is 9.18 Å². The first-order valence-electron chi connectivity index (χ1n) is 6.14. The molecule has 5 heteroatoms. The highest BCUT2D eigenvalue weighted by atomic mass is 19.1. The highest BCUT2D eigenvalue weighted by molar-refractivity contribution is 5.81. The summed E-state index contributed by atoms with van der Waals surface area (Å²) in [6, 6.07) is 6.19. The molecular formula is C14H18FN3O. The number of hydrogen-bond donors (Lipinski definition) is 0. The summed E-state index contributed by atoms with van der Waals surface area (Å²) in [5.74, 6) is -0.559. The van der Waals surface area contributed by atoms with E-state index >= 15 is 0 Å². The summed E-state index contributed by atoms with van der Waals surface area (Å²) in [6.45, 7) is 2.68. The first kappa shape index (κ1) is 15.0. The normalized spacial score (nSPS) is 9.84. The van der Waals surface area contributed by atoms with Gasteiger partial charge in [0.15, 0.2) is 0 Å². The van der Waals surface area contributed by atoms with Crippen LogP contribution in [0.4, 0.5) is 10.1 Å². The molecule has 4 nitrogen and oxygen atoms in total. The molecule has 0 bridgehead atoms. The van der Waals surface area contributed by atoms with Crippen molar-refractivity contribution in [3.63, 3.8) is 0 Å². The van der Waals surface area contributed by atoms with Crippen molar-refractivity contribution >= 4 is 11.6 Å². The standard InChI is InChI=1S/C14H18FN3O/c1-4-7-18(10-14(19)17(2)3)13-6-5-11(9-16)8-12(13)15/h5-6,8H,4,7,10H2,1-3H3. The SMILES string of the molecule is CCCN(CC(=O)N(C)C)c1ccc(C#N)cc1F. The van der Waals surface area contributed by atoms with E-state index in [-0.39, 0.29) is 18.0 Å². The molecule has 102 valence electrons. The van der Waals surface area contributed by atoms with E-state index in [2.05, 4.69) is 0 Å². The van der Waals surface area contributed by atoms with Crippen molar-refractivity contribution in [1.29, 1.82) is 5.26 Å². The molecular weight excluding hydrogens is 245 g/mol. The van der Waals surface area contributed by atoms with E-state index in [1.165, 1.54) is 11.0 Å². The summed E-state index contributed by atoms with van der Waals surface area (Å²) in [5, 5.41) is 8.72. The number of nitriles is 1. The minimum Gasteiger partial charge on any atom is -0.360 e. The Kier molecular flexibility index (Phi) is 5.31. The molecule has 0 radical (unpaired) electrons. The minimum absolute atomic E-state index is 0.0859. The Morgan fingerprint density at radius 1 is 1.42 bits per heavy atom. The number of halogens is 1. The Labute approximate surface area is 113 Å². The van der Waals surface area contributed by atoms with Gasteiger partial charge in [0.05, 0.1) is 23.9 Å². The van der Waals surface area contributed by atoms with Gasteiger partial charge in [-0.15, -0.1) is 0 Å². The second kappa shape index (κ2) is 6.74. The Balaban J connectivity index is 2.99. The van der Waals surface area contributed by atoms with Gasteiger partial charge in [0.2, 0.25) is 5.91 Å². The second-order valence-corrected chi connectivity index (χ2v) is 4.49. The average Bonchev–Trinajstić information content (AvgIpc) is 2.37. The van der Waals surface area contributed by atoms with E-state index in [1.54, 1.807) is 31.1 Å². The number of carbonyl (C=O) groups is 1. The van der Waals surface area contributed by atoms with E-state index < -0.39 is 5.82 Å². The topological polar surface area (TPSA) is 47.3 Å². The molecule has 0 spiro atoms. The summed E-state index contributed by atoms with van der Waals surface area (Å²) in [6.07, 6.45) is 0.806. The van der Waals surface area contributed by atoms with Crippen LogP contribution in [-0.4, -0.2) is 38.0 Å². The summed E-state index contributed by atoms with van der Waals surface area (Å²) in [7, 11) is 3.34. The van der Waals surface area contributed by atoms with Crippen molar-refractivity contribution in [2.24, 2.45) is 0 Å². The van der Waals surface area contributed by atoms with Crippen LogP contribution in [0.2, 0.25) is 0 Å². The third kappa shape index (κ3) is 3.95. The maximum atomic E-state index is 13.9. The van der Waals surface area contributed by atoms with Crippen LogP contribution < -0.4 is 4.90 Å². The maximum Gasteiger partial charge on any atom is 0.241 e. The minimum atomic E-state index is -0.473. The zero-order chi connectivity index (χ0) is 14.4. The van der Waals surface area contributed by atoms with Gasteiger partial charge in [0.25, 0.3) is 0 Å². The third-order valence-electron chi connectivity index (χ3n) is 2.74. The molecule has 0 aliphatic rings. The first-order chi connectivity index (χ1) is 8.99. The predicted octanol–water partition coefficient (Wildman–Crippen LogP) is 2.00. The molecule has 0 saturated heterocycles. The lowest BCUT2D eigenvalue weighted by atomic mass is 10.2. The molecule has 1 amide bonds. The van der Waals surface area contributed by atoms with Crippen molar-refractivity contribution in [2.45, 2.75) is 13.3 Å². The number of carbonyl (C=O) groups excluding carboxylic acids is 1. The van der Waals surface area contributed by atoms with Gasteiger partial charge in [0.1, 0.15) is 5.82 Å². The molecule has 1 rings (SSSR count). The summed E-state index contributed by atoms with van der Waals surface area (Å²) >= 11 is 0. The van der Waals surface area contributed by atoms with Crippen LogP contribution in [0.25, 0.3) is 0 Å². The van der Waals surface area contributed by atoms with Gasteiger partial charge in [-0.2, -0.15) is 5.26 Å². The Morgan fingerprint density at radius 2 is 2.11 bits per heavy atom. The van der Waals surface area contributed by atoms with Gasteiger partial charge in [0, 0.05) is 20.6 Å². The predicted molar refractivity (Wildman–Crippen MR) is 72.3 cm³/mol. The molecule has 0 saturated carbocycles. The lowest BCUT2D eigenvalue weighted by Crippen LogP contribution is -2.37. The van der Waals surface area contributed by atoms with Crippen LogP contribution >= 0.6 is 0 Å². The van der Waals surface area contributed by atoms with E-state index in [9.17, 15) is 9.18 Å². The van der Waals surface area contributed by atoms with Gasteiger partial charge in [-0.1, -0.05) is 6.92 Å². The van der Waals surface area contributed by atoms with Gasteiger partial charge < -0.3 is 9.80 Å². The van der Waals surface area contributed by atoms with Gasteiger partial charge >= 0.3 is 0 Å². The van der Waals surface area contributed by atoms with Crippen molar-refractivity contribution in [1.82, 2.24) is 4.90 Å². The number of anilines is 1. The molecule has 1 aromatic carbocycles. The van der Waals surface area contributed by atoms with Gasteiger partial charge in [-0.05, 0) is 24.6 Å². The zero-order valence-corrected chi connectivity index (χ0v) is 11.5. The molecule has 1 aromatic rings. The van der Waals surface area contributed by atoms with Crippen LogP contribution in [0, 0.1) is 17.1 Å². The molecule has 0 aliphatic heterocycles. The van der Waals surface area contributed by atoms with Crippen LogP contribution in [0.15, 0.2) is 18.2 Å². The molecule has 0 aromatic heterocycles. The van der Waals surface area contributed by atoms with E-state index in [0.29, 0.717) is 12.2 Å². The molecule has 0 atom stereocenters. The number of rotatable bonds is 5. The van der Waals surface area contributed by atoms with Crippen LogP contribution in [0.3, 0.4) is 0 Å². The first-order valence-corrected chi connectivity index (χ1v) is 6.14. The quantitative estimate of drug-likeness (QED) is 0.816. The summed E-state index contributed by atoms with van der Waals surface area (Å²) in [4.78, 5) is 14.9. The fraction of sp³-hybridized carbons (Fsp3) is 0.429. The van der Waals surface area contributed by atoms with Crippen molar-refractivity contribution in [2.75, 3.05) is 32.1 Å². The third-order valence-corrected chi connectivity index (χ3v) is 2.74. The Hall–Kier alpha value is -2.09. The maximum absolute atomic E-state index is 13.9. The molecule has 0 fully saturated rings. The van der Waals surface area contributed by atoms with Crippen molar-refractivity contribution in [3.05, 3.63) is 29.6 Å². The van der Waals surface area contributed by atoms with E-state index in [1.807, 2.05) is 13.0 Å². The van der Waals surface area contributed by atoms with E-state index in [0.717, 1.165) is 6.42 Å². The molecule has 0 unspecified atom stereocenters. The highest BCUT2D eigenvalue weighted by Gasteiger charge is 2.16. The number of benzene rings is 1.